The average Bonchev–Trinajstić information content (AvgIpc) is 2.46. The second-order valence-electron chi connectivity index (χ2n) is 5.29. The third kappa shape index (κ3) is 3.01. The minimum atomic E-state index is -0.406. The molecule has 1 fully saturated rings. The first-order valence-corrected chi connectivity index (χ1v) is 7.32. The number of esters is 1. The summed E-state index contributed by atoms with van der Waals surface area (Å²) in [7, 11) is 3.35. The van der Waals surface area contributed by atoms with Crippen LogP contribution in [-0.2, 0) is 4.74 Å². The van der Waals surface area contributed by atoms with Gasteiger partial charge in [-0.05, 0) is 25.0 Å². The third-order valence-corrected chi connectivity index (χ3v) is 4.25. The molecular weight excluding hydrogens is 276 g/mol. The number of carbonyl (C=O) groups excluding carboxylic acids is 1. The number of carbonyl (C=O) groups is 1. The van der Waals surface area contributed by atoms with Crippen LogP contribution >= 0.6 is 11.6 Å². The van der Waals surface area contributed by atoms with Crippen molar-refractivity contribution < 1.29 is 9.53 Å². The van der Waals surface area contributed by atoms with Crippen molar-refractivity contribution >= 4 is 28.9 Å². The van der Waals surface area contributed by atoms with Crippen molar-refractivity contribution in [1.82, 2.24) is 0 Å². The largest absolute Gasteiger partial charge is 0.465 e. The molecule has 0 aliphatic heterocycles. The minimum Gasteiger partial charge on any atom is -0.465 e. The normalized spacial score (nSPS) is 15.9. The van der Waals surface area contributed by atoms with Gasteiger partial charge in [0.1, 0.15) is 0 Å². The molecule has 0 unspecified atom stereocenters. The van der Waals surface area contributed by atoms with Gasteiger partial charge in [0, 0.05) is 18.8 Å². The van der Waals surface area contributed by atoms with Gasteiger partial charge in [0.05, 0.1) is 23.4 Å². The Kier molecular flexibility index (Phi) is 4.76. The zero-order valence-electron chi connectivity index (χ0n) is 12.0. The second kappa shape index (κ2) is 6.35. The van der Waals surface area contributed by atoms with Gasteiger partial charge in [-0.3, -0.25) is 0 Å². The van der Waals surface area contributed by atoms with E-state index in [0.717, 1.165) is 18.5 Å². The molecule has 1 aromatic rings. The molecule has 0 aromatic heterocycles. The van der Waals surface area contributed by atoms with E-state index in [1.54, 1.807) is 12.1 Å². The van der Waals surface area contributed by atoms with Gasteiger partial charge < -0.3 is 15.4 Å². The predicted molar refractivity (Wildman–Crippen MR) is 82.5 cm³/mol. The molecule has 5 heteroatoms. The molecule has 0 radical (unpaired) electrons. The van der Waals surface area contributed by atoms with Crippen molar-refractivity contribution in [1.29, 1.82) is 0 Å². The van der Waals surface area contributed by atoms with Crippen molar-refractivity contribution in [3.63, 3.8) is 0 Å². The Hall–Kier alpha value is -1.42. The summed E-state index contributed by atoms with van der Waals surface area (Å²) < 4.78 is 4.84. The summed E-state index contributed by atoms with van der Waals surface area (Å²) in [6.45, 7) is 0. The summed E-state index contributed by atoms with van der Waals surface area (Å²) in [5, 5.41) is 0.499. The van der Waals surface area contributed by atoms with Gasteiger partial charge in [-0.15, -0.1) is 0 Å². The summed E-state index contributed by atoms with van der Waals surface area (Å²) in [5.41, 5.74) is 7.41. The standard InChI is InChI=1S/C15H21ClN2O2/c1-18(11-6-4-3-5-7-11)14-12(15(19)20-2)8-10(17)9-13(14)16/h8-9,11H,3-7,17H2,1-2H3. The van der Waals surface area contributed by atoms with Crippen LogP contribution in [0.5, 0.6) is 0 Å². The summed E-state index contributed by atoms with van der Waals surface area (Å²) in [6, 6.07) is 3.72. The van der Waals surface area contributed by atoms with Crippen LogP contribution in [0.2, 0.25) is 5.02 Å². The second-order valence-corrected chi connectivity index (χ2v) is 5.70. The molecule has 2 N–H and O–H groups in total. The molecule has 0 spiro atoms. The highest BCUT2D eigenvalue weighted by molar-refractivity contribution is 6.34. The number of halogens is 1. The molecule has 110 valence electrons. The van der Waals surface area contributed by atoms with E-state index in [4.69, 9.17) is 22.1 Å². The Bertz CT molecular complexity index is 499. The molecule has 0 saturated heterocycles. The lowest BCUT2D eigenvalue weighted by Gasteiger charge is -2.34. The summed E-state index contributed by atoms with van der Waals surface area (Å²) in [5.74, 6) is -0.406. The van der Waals surface area contributed by atoms with E-state index in [1.807, 2.05) is 7.05 Å². The van der Waals surface area contributed by atoms with Crippen molar-refractivity contribution in [2.75, 3.05) is 24.8 Å². The molecule has 1 aromatic carbocycles. The lowest BCUT2D eigenvalue weighted by Crippen LogP contribution is -2.34. The number of ether oxygens (including phenoxy) is 1. The van der Waals surface area contributed by atoms with Gasteiger partial charge in [-0.2, -0.15) is 0 Å². The average molecular weight is 297 g/mol. The number of anilines is 2. The summed E-state index contributed by atoms with van der Waals surface area (Å²) >= 11 is 6.32. The highest BCUT2D eigenvalue weighted by Gasteiger charge is 2.25. The minimum absolute atomic E-state index is 0.406. The van der Waals surface area contributed by atoms with Crippen molar-refractivity contribution in [2.45, 2.75) is 38.1 Å². The van der Waals surface area contributed by atoms with E-state index in [2.05, 4.69) is 4.90 Å². The third-order valence-electron chi connectivity index (χ3n) is 3.97. The molecule has 0 amide bonds. The van der Waals surface area contributed by atoms with E-state index >= 15 is 0 Å². The number of nitrogens with two attached hydrogens (primary N) is 1. The first kappa shape index (κ1) is 15.0. The van der Waals surface area contributed by atoms with Gasteiger partial charge in [0.25, 0.3) is 0 Å². The van der Waals surface area contributed by atoms with Crippen molar-refractivity contribution in [3.05, 3.63) is 22.7 Å². The Labute approximate surface area is 124 Å². The molecule has 0 bridgehead atoms. The number of methoxy groups -OCH3 is 1. The highest BCUT2D eigenvalue weighted by Crippen LogP contribution is 2.36. The Balaban J connectivity index is 2.40. The number of hydrogen-bond donors (Lipinski definition) is 1. The van der Waals surface area contributed by atoms with Crippen molar-refractivity contribution in [2.24, 2.45) is 0 Å². The topological polar surface area (TPSA) is 55.6 Å². The zero-order valence-corrected chi connectivity index (χ0v) is 12.7. The van der Waals surface area contributed by atoms with Crippen LogP contribution in [0.25, 0.3) is 0 Å². The molecule has 1 saturated carbocycles. The molecular formula is C15H21ClN2O2. The molecule has 0 heterocycles. The number of hydrogen-bond acceptors (Lipinski definition) is 4. The van der Waals surface area contributed by atoms with Crippen LogP contribution < -0.4 is 10.6 Å². The number of rotatable bonds is 3. The van der Waals surface area contributed by atoms with E-state index in [0.29, 0.717) is 22.3 Å². The SMILES string of the molecule is COC(=O)c1cc(N)cc(Cl)c1N(C)C1CCCCC1. The van der Waals surface area contributed by atoms with E-state index in [-0.39, 0.29) is 0 Å². The molecule has 0 atom stereocenters. The first-order chi connectivity index (χ1) is 9.54. The molecule has 20 heavy (non-hydrogen) atoms. The van der Waals surface area contributed by atoms with Gasteiger partial charge in [-0.1, -0.05) is 30.9 Å². The van der Waals surface area contributed by atoms with Crippen LogP contribution in [0.3, 0.4) is 0 Å². The Morgan fingerprint density at radius 3 is 2.60 bits per heavy atom. The van der Waals surface area contributed by atoms with Crippen LogP contribution in [0, 0.1) is 0 Å². The van der Waals surface area contributed by atoms with Crippen LogP contribution in [0.4, 0.5) is 11.4 Å². The van der Waals surface area contributed by atoms with E-state index in [9.17, 15) is 4.79 Å². The summed E-state index contributed by atoms with van der Waals surface area (Å²) in [4.78, 5) is 14.1. The fourth-order valence-electron chi connectivity index (χ4n) is 2.89. The van der Waals surface area contributed by atoms with Crippen LogP contribution in [0.1, 0.15) is 42.5 Å². The van der Waals surface area contributed by atoms with E-state index < -0.39 is 5.97 Å². The number of benzene rings is 1. The maximum Gasteiger partial charge on any atom is 0.340 e. The fourth-order valence-corrected chi connectivity index (χ4v) is 3.26. The quantitative estimate of drug-likeness (QED) is 0.685. The predicted octanol–water partition coefficient (Wildman–Crippen LogP) is 3.48. The smallest absolute Gasteiger partial charge is 0.340 e. The van der Waals surface area contributed by atoms with Gasteiger partial charge >= 0.3 is 5.97 Å². The van der Waals surface area contributed by atoms with Gasteiger partial charge in [0.2, 0.25) is 0 Å². The van der Waals surface area contributed by atoms with E-state index in [1.165, 1.54) is 26.4 Å². The van der Waals surface area contributed by atoms with Crippen molar-refractivity contribution in [3.8, 4) is 0 Å². The summed E-state index contributed by atoms with van der Waals surface area (Å²) in [6.07, 6.45) is 5.96. The molecule has 2 rings (SSSR count). The molecule has 1 aliphatic rings. The van der Waals surface area contributed by atoms with Crippen LogP contribution in [-0.4, -0.2) is 26.2 Å². The fraction of sp³-hybridized carbons (Fsp3) is 0.533. The number of nitrogen functional groups attached to an aromatic ring is 1. The monoisotopic (exact) mass is 296 g/mol. The number of nitrogens with zero attached hydrogens (tertiary/aromatic N) is 1. The lowest BCUT2D eigenvalue weighted by atomic mass is 9.93. The lowest BCUT2D eigenvalue weighted by molar-refractivity contribution is 0.0601. The zero-order chi connectivity index (χ0) is 14.7. The molecule has 4 nitrogen and oxygen atoms in total. The maximum atomic E-state index is 12.0. The van der Waals surface area contributed by atoms with Gasteiger partial charge in [-0.25, -0.2) is 4.79 Å². The van der Waals surface area contributed by atoms with Crippen LogP contribution in [0.15, 0.2) is 12.1 Å². The highest BCUT2D eigenvalue weighted by atomic mass is 35.5. The Morgan fingerprint density at radius 2 is 2.00 bits per heavy atom. The maximum absolute atomic E-state index is 12.0. The van der Waals surface area contributed by atoms with Gasteiger partial charge in [0.15, 0.2) is 0 Å². The molecule has 1 aliphatic carbocycles. The first-order valence-electron chi connectivity index (χ1n) is 6.94. The Morgan fingerprint density at radius 1 is 1.35 bits per heavy atom.